The van der Waals surface area contributed by atoms with E-state index in [1.807, 2.05) is 12.3 Å². The molecule has 2 aliphatic rings. The smallest absolute Gasteiger partial charge is 0.0736 e. The maximum Gasteiger partial charge on any atom is 0.0736 e. The molecule has 2 atom stereocenters. The van der Waals surface area contributed by atoms with Crippen molar-refractivity contribution in [2.45, 2.75) is 18.4 Å². The molecule has 1 aliphatic carbocycles. The second-order valence-corrected chi connectivity index (χ2v) is 10.7. The highest BCUT2D eigenvalue weighted by Crippen LogP contribution is 2.54. The lowest BCUT2D eigenvalue weighted by atomic mass is 9.78. The van der Waals surface area contributed by atoms with Gasteiger partial charge in [-0.3, -0.25) is 4.98 Å². The van der Waals surface area contributed by atoms with Crippen LogP contribution in [0, 0.1) is 0 Å². The van der Waals surface area contributed by atoms with E-state index in [4.69, 9.17) is 4.98 Å². The number of fused-ring (bicyclic) bond motifs is 6. The third-order valence-electron chi connectivity index (χ3n) is 8.44. The molecule has 186 valence electrons. The SMILES string of the molecule is CC12C=CC(c3ccc4c(c3)c3ccccc3n4-c3ccccc3)=CC1c1ncccc1N2c1ccccc1. The van der Waals surface area contributed by atoms with E-state index >= 15 is 0 Å². The van der Waals surface area contributed by atoms with Crippen LogP contribution in [0.5, 0.6) is 0 Å². The van der Waals surface area contributed by atoms with E-state index < -0.39 is 0 Å². The summed E-state index contributed by atoms with van der Waals surface area (Å²) in [5.74, 6) is 0.148. The number of nitrogens with zero attached hydrogens (tertiary/aromatic N) is 3. The second-order valence-electron chi connectivity index (χ2n) is 10.7. The number of rotatable bonds is 3. The maximum absolute atomic E-state index is 4.90. The molecule has 39 heavy (non-hydrogen) atoms. The Bertz CT molecular complexity index is 1930. The fourth-order valence-electron chi connectivity index (χ4n) is 6.63. The summed E-state index contributed by atoms with van der Waals surface area (Å²) in [4.78, 5) is 7.34. The average molecular weight is 502 g/mol. The van der Waals surface area contributed by atoms with Gasteiger partial charge in [0, 0.05) is 34.3 Å². The number of allylic oxidation sites excluding steroid dienone is 2. The molecule has 0 fully saturated rings. The van der Waals surface area contributed by atoms with Crippen LogP contribution < -0.4 is 4.90 Å². The van der Waals surface area contributed by atoms with Gasteiger partial charge in [-0.25, -0.2) is 0 Å². The monoisotopic (exact) mass is 501 g/mol. The maximum atomic E-state index is 4.90. The second kappa shape index (κ2) is 8.31. The quantitative estimate of drug-likeness (QED) is 0.242. The highest BCUT2D eigenvalue weighted by molar-refractivity contribution is 6.10. The minimum absolute atomic E-state index is 0.148. The van der Waals surface area contributed by atoms with Crippen LogP contribution >= 0.6 is 0 Å². The van der Waals surface area contributed by atoms with Gasteiger partial charge in [-0.15, -0.1) is 0 Å². The first-order valence-electron chi connectivity index (χ1n) is 13.5. The van der Waals surface area contributed by atoms with E-state index in [0.29, 0.717) is 0 Å². The van der Waals surface area contributed by atoms with Gasteiger partial charge < -0.3 is 9.47 Å². The Hall–Kier alpha value is -4.89. The number of hydrogen-bond donors (Lipinski definition) is 0. The van der Waals surface area contributed by atoms with Crippen LogP contribution in [0.1, 0.15) is 24.1 Å². The zero-order valence-electron chi connectivity index (χ0n) is 21.7. The predicted octanol–water partition coefficient (Wildman–Crippen LogP) is 8.83. The topological polar surface area (TPSA) is 21.1 Å². The van der Waals surface area contributed by atoms with Crippen molar-refractivity contribution >= 4 is 38.8 Å². The van der Waals surface area contributed by atoms with Crippen molar-refractivity contribution in [3.63, 3.8) is 0 Å². The van der Waals surface area contributed by atoms with Crippen molar-refractivity contribution in [1.82, 2.24) is 9.55 Å². The number of aromatic nitrogens is 2. The Morgan fingerprint density at radius 2 is 1.41 bits per heavy atom. The fraction of sp³-hybridized carbons (Fsp3) is 0.0833. The molecule has 0 bridgehead atoms. The van der Waals surface area contributed by atoms with Crippen LogP contribution in [-0.4, -0.2) is 15.1 Å². The van der Waals surface area contributed by atoms with Gasteiger partial charge >= 0.3 is 0 Å². The molecule has 0 saturated carbocycles. The lowest BCUT2D eigenvalue weighted by molar-refractivity contribution is 0.538. The molecule has 3 nitrogen and oxygen atoms in total. The van der Waals surface area contributed by atoms with Crippen LogP contribution in [0.2, 0.25) is 0 Å². The van der Waals surface area contributed by atoms with E-state index in [9.17, 15) is 0 Å². The molecule has 3 heteroatoms. The number of pyridine rings is 1. The third kappa shape index (κ3) is 3.20. The van der Waals surface area contributed by atoms with Gasteiger partial charge in [0.05, 0.1) is 28.0 Å². The average Bonchev–Trinajstić information content (AvgIpc) is 3.46. The van der Waals surface area contributed by atoms with Crippen LogP contribution in [0.4, 0.5) is 11.4 Å². The summed E-state index contributed by atoms with van der Waals surface area (Å²) in [5.41, 5.74) is 9.37. The molecular formula is C36H27N3. The van der Waals surface area contributed by atoms with Crippen LogP contribution in [0.15, 0.2) is 140 Å². The molecule has 2 aromatic heterocycles. The van der Waals surface area contributed by atoms with Gasteiger partial charge in [-0.1, -0.05) is 78.9 Å². The summed E-state index contributed by atoms with van der Waals surface area (Å²) in [7, 11) is 0. The standard InChI is InChI=1S/C36H27N3/c1-36-21-20-26(24-31(36)35-34(17-10-22-37-35)39(36)28-13-6-3-7-14-28)25-18-19-33-30(23-25)29-15-8-9-16-32(29)38(33)27-11-4-2-5-12-27/h2-24,31H,1H3. The molecule has 0 radical (unpaired) electrons. The van der Waals surface area contributed by atoms with Crippen molar-refractivity contribution < 1.29 is 0 Å². The number of hydrogen-bond acceptors (Lipinski definition) is 2. The molecule has 6 aromatic rings. The summed E-state index contributed by atoms with van der Waals surface area (Å²) in [5, 5.41) is 2.54. The molecule has 3 heterocycles. The van der Waals surface area contributed by atoms with Crippen molar-refractivity contribution in [1.29, 1.82) is 0 Å². The number of para-hydroxylation sites is 3. The first-order chi connectivity index (χ1) is 19.2. The summed E-state index contributed by atoms with van der Waals surface area (Å²) < 4.78 is 2.37. The minimum atomic E-state index is -0.227. The van der Waals surface area contributed by atoms with Gasteiger partial charge in [0.1, 0.15) is 0 Å². The minimum Gasteiger partial charge on any atom is -0.330 e. The van der Waals surface area contributed by atoms with E-state index in [1.54, 1.807) is 0 Å². The van der Waals surface area contributed by atoms with Crippen molar-refractivity contribution in [2.75, 3.05) is 4.90 Å². The number of benzene rings is 4. The first-order valence-corrected chi connectivity index (χ1v) is 13.5. The van der Waals surface area contributed by atoms with Gasteiger partial charge in [0.2, 0.25) is 0 Å². The predicted molar refractivity (Wildman–Crippen MR) is 162 cm³/mol. The molecule has 4 aromatic carbocycles. The largest absolute Gasteiger partial charge is 0.330 e. The molecule has 2 unspecified atom stereocenters. The Morgan fingerprint density at radius 3 is 2.23 bits per heavy atom. The lowest BCUT2D eigenvalue weighted by Gasteiger charge is -2.39. The molecule has 8 rings (SSSR count). The van der Waals surface area contributed by atoms with Gasteiger partial charge in [-0.05, 0) is 72.7 Å². The summed E-state index contributed by atoms with van der Waals surface area (Å²) in [6.07, 6.45) is 9.02. The Kier molecular flexibility index (Phi) is 4.71. The van der Waals surface area contributed by atoms with Crippen molar-refractivity contribution in [3.05, 3.63) is 151 Å². The van der Waals surface area contributed by atoms with Gasteiger partial charge in [-0.2, -0.15) is 0 Å². The number of anilines is 2. The van der Waals surface area contributed by atoms with E-state index in [1.165, 1.54) is 50.0 Å². The molecule has 0 amide bonds. The van der Waals surface area contributed by atoms with E-state index in [-0.39, 0.29) is 11.5 Å². The fourth-order valence-corrected chi connectivity index (χ4v) is 6.63. The third-order valence-corrected chi connectivity index (χ3v) is 8.44. The van der Waals surface area contributed by atoms with Crippen LogP contribution in [0.25, 0.3) is 33.1 Å². The zero-order chi connectivity index (χ0) is 26.0. The Morgan fingerprint density at radius 1 is 0.692 bits per heavy atom. The molecule has 1 aliphatic heterocycles. The molecule has 0 saturated heterocycles. The highest BCUT2D eigenvalue weighted by Gasteiger charge is 2.48. The summed E-state index contributed by atoms with van der Waals surface area (Å²) >= 11 is 0. The van der Waals surface area contributed by atoms with Gasteiger partial charge in [0.15, 0.2) is 0 Å². The van der Waals surface area contributed by atoms with Crippen molar-refractivity contribution in [3.8, 4) is 5.69 Å². The first kappa shape index (κ1) is 22.1. The zero-order valence-corrected chi connectivity index (χ0v) is 21.7. The van der Waals surface area contributed by atoms with Crippen LogP contribution in [0.3, 0.4) is 0 Å². The normalized spacial score (nSPS) is 19.8. The summed E-state index contributed by atoms with van der Waals surface area (Å²) in [6, 6.07) is 41.1. The molecule has 0 N–H and O–H groups in total. The van der Waals surface area contributed by atoms with E-state index in [0.717, 1.165) is 5.69 Å². The Balaban J connectivity index is 1.28. The van der Waals surface area contributed by atoms with Crippen LogP contribution in [-0.2, 0) is 0 Å². The lowest BCUT2D eigenvalue weighted by Crippen LogP contribution is -2.42. The van der Waals surface area contributed by atoms with Gasteiger partial charge in [0.25, 0.3) is 0 Å². The van der Waals surface area contributed by atoms with Crippen molar-refractivity contribution in [2.24, 2.45) is 0 Å². The highest BCUT2D eigenvalue weighted by atomic mass is 15.2. The van der Waals surface area contributed by atoms with E-state index in [2.05, 4.69) is 144 Å². The Labute approximate surface area is 228 Å². The molecular weight excluding hydrogens is 474 g/mol. The molecule has 0 spiro atoms. The summed E-state index contributed by atoms with van der Waals surface area (Å²) in [6.45, 7) is 2.33.